The van der Waals surface area contributed by atoms with Gasteiger partial charge in [0.2, 0.25) is 10.0 Å². The summed E-state index contributed by atoms with van der Waals surface area (Å²) < 4.78 is 28.1. The van der Waals surface area contributed by atoms with Crippen molar-refractivity contribution in [2.45, 2.75) is 12.6 Å². The molecule has 0 spiro atoms. The Bertz CT molecular complexity index is 1210. The van der Waals surface area contributed by atoms with E-state index in [2.05, 4.69) is 9.97 Å². The van der Waals surface area contributed by atoms with Gasteiger partial charge in [0.15, 0.2) is 0 Å². The van der Waals surface area contributed by atoms with Crippen LogP contribution in [-0.2, 0) is 21.4 Å². The predicted molar refractivity (Wildman–Crippen MR) is 121 cm³/mol. The Morgan fingerprint density at radius 3 is 2.80 bits per heavy atom. The van der Waals surface area contributed by atoms with E-state index in [1.807, 2.05) is 11.0 Å². The number of piperazine rings is 1. The van der Waals surface area contributed by atoms with Gasteiger partial charge in [0.1, 0.15) is 18.4 Å². The van der Waals surface area contributed by atoms with E-state index in [4.69, 9.17) is 17.3 Å². The molecular weight excluding hydrogens is 466 g/mol. The van der Waals surface area contributed by atoms with Crippen molar-refractivity contribution in [1.29, 1.82) is 0 Å². The van der Waals surface area contributed by atoms with E-state index in [-0.39, 0.29) is 6.54 Å². The van der Waals surface area contributed by atoms with E-state index in [9.17, 15) is 13.2 Å². The second kappa shape index (κ2) is 8.69. The summed E-state index contributed by atoms with van der Waals surface area (Å²) in [4.78, 5) is 23.6. The molecule has 0 aliphatic carbocycles. The molecule has 0 bridgehead atoms. The van der Waals surface area contributed by atoms with Crippen LogP contribution in [-0.4, -0.2) is 59.6 Å². The Morgan fingerprint density at radius 1 is 1.27 bits per heavy atom. The van der Waals surface area contributed by atoms with Crippen molar-refractivity contribution in [2.24, 2.45) is 0 Å². The minimum absolute atomic E-state index is 0.105. The largest absolute Gasteiger partial charge is 0.382 e. The molecule has 4 heterocycles. The van der Waals surface area contributed by atoms with Gasteiger partial charge < -0.3 is 10.5 Å². The Labute approximate surface area is 186 Å². The number of nitrogen functional groups attached to an aromatic ring is 1. The Balaban J connectivity index is 1.46. The van der Waals surface area contributed by atoms with Gasteiger partial charge in [0, 0.05) is 41.3 Å². The van der Waals surface area contributed by atoms with Crippen molar-refractivity contribution >= 4 is 72.7 Å². The fourth-order valence-corrected chi connectivity index (χ4v) is 6.51. The quantitative estimate of drug-likeness (QED) is 0.536. The molecule has 12 heteroatoms. The standard InChI is InChI=1S/C18H18ClN5O3S3/c19-16-2-1-13(28-16)3-6-30(26,27)24-5-4-23(12(8-24)10-25)9-14-7-15-17(29-14)18(20)22-11-21-15/h1-3,6-7,10-12H,4-5,8-9H2,(H2,20,21,22). The number of rotatable bonds is 6. The van der Waals surface area contributed by atoms with E-state index < -0.39 is 16.1 Å². The third-order valence-corrected chi connectivity index (χ3v) is 8.62. The highest BCUT2D eigenvalue weighted by molar-refractivity contribution is 7.92. The molecule has 3 aromatic heterocycles. The van der Waals surface area contributed by atoms with Crippen molar-refractivity contribution in [1.82, 2.24) is 19.2 Å². The zero-order chi connectivity index (χ0) is 21.3. The van der Waals surface area contributed by atoms with Crippen molar-refractivity contribution in [3.05, 3.63) is 44.0 Å². The highest BCUT2D eigenvalue weighted by Gasteiger charge is 2.32. The summed E-state index contributed by atoms with van der Waals surface area (Å²) >= 11 is 8.66. The first kappa shape index (κ1) is 21.3. The number of thiophene rings is 2. The van der Waals surface area contributed by atoms with Gasteiger partial charge in [-0.2, -0.15) is 4.31 Å². The molecule has 0 aromatic carbocycles. The molecule has 0 amide bonds. The van der Waals surface area contributed by atoms with Gasteiger partial charge >= 0.3 is 0 Å². The van der Waals surface area contributed by atoms with Crippen molar-refractivity contribution in [3.63, 3.8) is 0 Å². The molecule has 1 atom stereocenters. The Kier molecular flexibility index (Phi) is 6.19. The third-order valence-electron chi connectivity index (χ3n) is 4.76. The summed E-state index contributed by atoms with van der Waals surface area (Å²) in [5.41, 5.74) is 6.67. The molecule has 0 saturated carbocycles. The lowest BCUT2D eigenvalue weighted by Gasteiger charge is -2.37. The lowest BCUT2D eigenvalue weighted by molar-refractivity contribution is -0.113. The lowest BCUT2D eigenvalue weighted by atomic mass is 10.2. The zero-order valence-corrected chi connectivity index (χ0v) is 18.8. The van der Waals surface area contributed by atoms with Crippen LogP contribution in [0.5, 0.6) is 0 Å². The van der Waals surface area contributed by atoms with Crippen LogP contribution in [0.3, 0.4) is 0 Å². The number of sulfonamides is 1. The number of aldehydes is 1. The number of hydrogen-bond donors (Lipinski definition) is 1. The summed E-state index contributed by atoms with van der Waals surface area (Å²) in [6.07, 6.45) is 3.74. The van der Waals surface area contributed by atoms with Crippen LogP contribution < -0.4 is 5.73 Å². The molecular formula is C18H18ClN5O3S3. The van der Waals surface area contributed by atoms with E-state index >= 15 is 0 Å². The highest BCUT2D eigenvalue weighted by Crippen LogP contribution is 2.29. The van der Waals surface area contributed by atoms with E-state index in [1.165, 1.54) is 44.8 Å². The number of aromatic nitrogens is 2. The summed E-state index contributed by atoms with van der Waals surface area (Å²) in [5, 5.41) is 1.17. The average Bonchev–Trinajstić information content (AvgIpc) is 3.33. The minimum Gasteiger partial charge on any atom is -0.382 e. The van der Waals surface area contributed by atoms with E-state index in [0.717, 1.165) is 26.3 Å². The summed E-state index contributed by atoms with van der Waals surface area (Å²) in [7, 11) is -3.64. The number of anilines is 1. The number of hydrogen-bond acceptors (Lipinski definition) is 9. The van der Waals surface area contributed by atoms with Crippen LogP contribution >= 0.6 is 34.3 Å². The van der Waals surface area contributed by atoms with Gasteiger partial charge in [-0.05, 0) is 24.3 Å². The first-order chi connectivity index (χ1) is 14.4. The number of halogens is 1. The van der Waals surface area contributed by atoms with Gasteiger partial charge in [-0.25, -0.2) is 18.4 Å². The molecule has 8 nitrogen and oxygen atoms in total. The van der Waals surface area contributed by atoms with E-state index in [0.29, 0.717) is 29.8 Å². The van der Waals surface area contributed by atoms with Gasteiger partial charge in [-0.3, -0.25) is 4.90 Å². The van der Waals surface area contributed by atoms with Crippen molar-refractivity contribution < 1.29 is 13.2 Å². The maximum absolute atomic E-state index is 12.7. The highest BCUT2D eigenvalue weighted by atomic mass is 35.5. The van der Waals surface area contributed by atoms with Crippen molar-refractivity contribution in [3.8, 4) is 0 Å². The first-order valence-electron chi connectivity index (χ1n) is 8.97. The SMILES string of the molecule is Nc1ncnc2cc(CN3CCN(S(=O)(=O)C=Cc4ccc(Cl)s4)CC3C=O)sc12. The molecule has 0 radical (unpaired) electrons. The molecule has 1 fully saturated rings. The van der Waals surface area contributed by atoms with Crippen LogP contribution in [0.1, 0.15) is 9.75 Å². The van der Waals surface area contributed by atoms with Crippen LogP contribution in [0.25, 0.3) is 16.3 Å². The number of nitrogens with zero attached hydrogens (tertiary/aromatic N) is 4. The second-order valence-corrected chi connectivity index (χ2v) is 11.4. The number of fused-ring (bicyclic) bond motifs is 1. The first-order valence-corrected chi connectivity index (χ1v) is 12.5. The molecule has 4 rings (SSSR count). The number of nitrogens with two attached hydrogens (primary N) is 1. The topological polar surface area (TPSA) is 109 Å². The van der Waals surface area contributed by atoms with Gasteiger partial charge in [-0.1, -0.05) is 11.6 Å². The second-order valence-electron chi connectivity index (χ2n) is 6.71. The summed E-state index contributed by atoms with van der Waals surface area (Å²) in [6.45, 7) is 1.36. The summed E-state index contributed by atoms with van der Waals surface area (Å²) in [6, 6.07) is 4.87. The monoisotopic (exact) mass is 483 g/mol. The molecule has 2 N–H and O–H groups in total. The molecule has 3 aromatic rings. The van der Waals surface area contributed by atoms with E-state index in [1.54, 1.807) is 12.1 Å². The number of carbonyl (C=O) groups excluding carboxylic acids is 1. The lowest BCUT2D eigenvalue weighted by Crippen LogP contribution is -2.54. The Morgan fingerprint density at radius 2 is 2.10 bits per heavy atom. The molecule has 158 valence electrons. The zero-order valence-electron chi connectivity index (χ0n) is 15.6. The van der Waals surface area contributed by atoms with Crippen LogP contribution in [0.4, 0.5) is 5.82 Å². The molecule has 1 aliphatic heterocycles. The Hall–Kier alpha value is -1.89. The van der Waals surface area contributed by atoms with Gasteiger partial charge in [-0.15, -0.1) is 22.7 Å². The third kappa shape index (κ3) is 4.56. The van der Waals surface area contributed by atoms with Crippen LogP contribution in [0.2, 0.25) is 4.34 Å². The van der Waals surface area contributed by atoms with Crippen LogP contribution in [0.15, 0.2) is 29.9 Å². The number of carbonyl (C=O) groups is 1. The fraction of sp³-hybridized carbons (Fsp3) is 0.278. The summed E-state index contributed by atoms with van der Waals surface area (Å²) in [5.74, 6) is 0.429. The molecule has 1 aliphatic rings. The minimum atomic E-state index is -3.64. The predicted octanol–water partition coefficient (Wildman–Crippen LogP) is 2.67. The molecule has 1 unspecified atom stereocenters. The maximum atomic E-state index is 12.7. The average molecular weight is 484 g/mol. The van der Waals surface area contributed by atoms with Gasteiger partial charge in [0.05, 0.1) is 20.6 Å². The smallest absolute Gasteiger partial charge is 0.236 e. The van der Waals surface area contributed by atoms with Crippen LogP contribution in [0, 0.1) is 0 Å². The van der Waals surface area contributed by atoms with Crippen molar-refractivity contribution in [2.75, 3.05) is 25.4 Å². The molecule has 1 saturated heterocycles. The normalized spacial score (nSPS) is 19.0. The molecule has 30 heavy (non-hydrogen) atoms. The van der Waals surface area contributed by atoms with Gasteiger partial charge in [0.25, 0.3) is 0 Å². The maximum Gasteiger partial charge on any atom is 0.236 e. The fourth-order valence-electron chi connectivity index (χ4n) is 3.23.